The van der Waals surface area contributed by atoms with Gasteiger partial charge in [0.05, 0.1) is 5.69 Å². The summed E-state index contributed by atoms with van der Waals surface area (Å²) in [6.45, 7) is 3.34. The highest BCUT2D eigenvalue weighted by atomic mass is 35.5. The van der Waals surface area contributed by atoms with Gasteiger partial charge in [-0.3, -0.25) is 0 Å². The Bertz CT molecular complexity index is 595. The number of nitrogens with zero attached hydrogens (tertiary/aromatic N) is 1. The first kappa shape index (κ1) is 13.9. The molecule has 0 amide bonds. The molecule has 20 heavy (non-hydrogen) atoms. The van der Waals surface area contributed by atoms with E-state index in [0.29, 0.717) is 6.61 Å². The minimum atomic E-state index is 0.501. The summed E-state index contributed by atoms with van der Waals surface area (Å²) in [5, 5.41) is 7.42. The lowest BCUT2D eigenvalue weighted by atomic mass is 10.2. The summed E-state index contributed by atoms with van der Waals surface area (Å²) >= 11 is 7.68. The second kappa shape index (κ2) is 6.12. The average molecular weight is 309 g/mol. The van der Waals surface area contributed by atoms with Crippen molar-refractivity contribution in [1.82, 2.24) is 10.3 Å². The molecule has 3 nitrogen and oxygen atoms in total. The van der Waals surface area contributed by atoms with Gasteiger partial charge in [-0.2, -0.15) is 0 Å². The van der Waals surface area contributed by atoms with Crippen molar-refractivity contribution in [3.63, 3.8) is 0 Å². The van der Waals surface area contributed by atoms with E-state index in [0.717, 1.165) is 39.6 Å². The SMILES string of the molecule is Cc1cc(OCc2csc(CNC3CC3)n2)ccc1Cl. The topological polar surface area (TPSA) is 34.1 Å². The molecule has 5 heteroatoms. The van der Waals surface area contributed by atoms with Crippen LogP contribution in [0.15, 0.2) is 23.6 Å². The van der Waals surface area contributed by atoms with E-state index in [9.17, 15) is 0 Å². The molecule has 1 heterocycles. The van der Waals surface area contributed by atoms with Crippen molar-refractivity contribution in [2.45, 2.75) is 39.0 Å². The highest BCUT2D eigenvalue weighted by Gasteiger charge is 2.20. The molecule has 0 unspecified atom stereocenters. The quantitative estimate of drug-likeness (QED) is 0.878. The smallest absolute Gasteiger partial charge is 0.131 e. The van der Waals surface area contributed by atoms with E-state index in [1.54, 1.807) is 11.3 Å². The van der Waals surface area contributed by atoms with Gasteiger partial charge in [-0.1, -0.05) is 11.6 Å². The van der Waals surface area contributed by atoms with Crippen molar-refractivity contribution in [2.24, 2.45) is 0 Å². The molecule has 1 aromatic carbocycles. The minimum Gasteiger partial charge on any atom is -0.487 e. The van der Waals surface area contributed by atoms with Crippen molar-refractivity contribution >= 4 is 22.9 Å². The highest BCUT2D eigenvalue weighted by molar-refractivity contribution is 7.09. The van der Waals surface area contributed by atoms with Gasteiger partial charge >= 0.3 is 0 Å². The summed E-state index contributed by atoms with van der Waals surface area (Å²) in [5.74, 6) is 0.831. The number of hydrogen-bond acceptors (Lipinski definition) is 4. The number of rotatable bonds is 6. The van der Waals surface area contributed by atoms with Crippen LogP contribution in [-0.2, 0) is 13.2 Å². The summed E-state index contributed by atoms with van der Waals surface area (Å²) in [4.78, 5) is 4.57. The highest BCUT2D eigenvalue weighted by Crippen LogP contribution is 2.23. The van der Waals surface area contributed by atoms with Gasteiger partial charge in [0.25, 0.3) is 0 Å². The maximum atomic E-state index is 5.99. The Morgan fingerprint density at radius 3 is 3.05 bits per heavy atom. The molecule has 1 aliphatic rings. The van der Waals surface area contributed by atoms with Crippen LogP contribution in [0.4, 0.5) is 0 Å². The molecule has 0 bridgehead atoms. The van der Waals surface area contributed by atoms with Crippen molar-refractivity contribution in [3.05, 3.63) is 44.9 Å². The van der Waals surface area contributed by atoms with Gasteiger partial charge in [-0.05, 0) is 43.5 Å². The fraction of sp³-hybridized carbons (Fsp3) is 0.400. The molecule has 1 aliphatic carbocycles. The van der Waals surface area contributed by atoms with Crippen LogP contribution >= 0.6 is 22.9 Å². The molecule has 1 saturated carbocycles. The van der Waals surface area contributed by atoms with E-state index in [-0.39, 0.29) is 0 Å². The molecule has 3 rings (SSSR count). The number of ether oxygens (including phenoxy) is 1. The summed E-state index contributed by atoms with van der Waals surface area (Å²) in [6.07, 6.45) is 2.61. The van der Waals surface area contributed by atoms with Crippen molar-refractivity contribution < 1.29 is 4.74 Å². The predicted octanol–water partition coefficient (Wildman–Crippen LogP) is 3.94. The predicted molar refractivity (Wildman–Crippen MR) is 82.5 cm³/mol. The van der Waals surface area contributed by atoms with Crippen LogP contribution < -0.4 is 10.1 Å². The van der Waals surface area contributed by atoms with Crippen LogP contribution in [0.1, 0.15) is 29.1 Å². The number of benzene rings is 1. The lowest BCUT2D eigenvalue weighted by Gasteiger charge is -2.06. The van der Waals surface area contributed by atoms with Crippen LogP contribution in [0.3, 0.4) is 0 Å². The van der Waals surface area contributed by atoms with Gasteiger partial charge in [0.2, 0.25) is 0 Å². The third-order valence-electron chi connectivity index (χ3n) is 3.23. The molecule has 0 spiro atoms. The second-order valence-corrected chi connectivity index (χ2v) is 6.44. The van der Waals surface area contributed by atoms with E-state index in [1.807, 2.05) is 25.1 Å². The monoisotopic (exact) mass is 308 g/mol. The minimum absolute atomic E-state index is 0.501. The third-order valence-corrected chi connectivity index (χ3v) is 4.56. The van der Waals surface area contributed by atoms with Gasteiger partial charge in [0, 0.05) is 23.0 Å². The maximum absolute atomic E-state index is 5.99. The van der Waals surface area contributed by atoms with E-state index in [1.165, 1.54) is 12.8 Å². The van der Waals surface area contributed by atoms with E-state index >= 15 is 0 Å². The Morgan fingerprint density at radius 2 is 2.30 bits per heavy atom. The van der Waals surface area contributed by atoms with E-state index in [4.69, 9.17) is 16.3 Å². The fourth-order valence-electron chi connectivity index (χ4n) is 1.88. The zero-order chi connectivity index (χ0) is 13.9. The zero-order valence-corrected chi connectivity index (χ0v) is 12.9. The summed E-state index contributed by atoms with van der Waals surface area (Å²) < 4.78 is 5.74. The summed E-state index contributed by atoms with van der Waals surface area (Å²) in [7, 11) is 0. The first-order valence-corrected chi connectivity index (χ1v) is 8.02. The number of halogens is 1. The van der Waals surface area contributed by atoms with Gasteiger partial charge < -0.3 is 10.1 Å². The van der Waals surface area contributed by atoms with Crippen molar-refractivity contribution in [3.8, 4) is 5.75 Å². The fourth-order valence-corrected chi connectivity index (χ4v) is 2.73. The molecule has 1 aromatic heterocycles. The zero-order valence-electron chi connectivity index (χ0n) is 11.4. The Balaban J connectivity index is 1.53. The molecule has 1 fully saturated rings. The summed E-state index contributed by atoms with van der Waals surface area (Å²) in [6, 6.07) is 6.41. The van der Waals surface area contributed by atoms with Crippen LogP contribution in [0.25, 0.3) is 0 Å². The number of aryl methyl sites for hydroxylation is 1. The Labute approximate surface area is 127 Å². The molecular formula is C15H17ClN2OS. The molecule has 1 N–H and O–H groups in total. The third kappa shape index (κ3) is 3.72. The van der Waals surface area contributed by atoms with Gasteiger partial charge in [0.15, 0.2) is 0 Å². The molecule has 0 saturated heterocycles. The standard InChI is InChI=1S/C15H17ClN2OS/c1-10-6-13(4-5-14(10)16)19-8-12-9-20-15(18-12)7-17-11-2-3-11/h4-6,9,11,17H,2-3,7-8H2,1H3. The molecular weight excluding hydrogens is 292 g/mol. The number of hydrogen-bond donors (Lipinski definition) is 1. The molecule has 0 aliphatic heterocycles. The number of aromatic nitrogens is 1. The normalized spacial score (nSPS) is 14.5. The van der Waals surface area contributed by atoms with Crippen LogP contribution in [0.2, 0.25) is 5.02 Å². The second-order valence-electron chi connectivity index (χ2n) is 5.09. The Hall–Kier alpha value is -1.10. The first-order chi connectivity index (χ1) is 9.70. The Morgan fingerprint density at radius 1 is 1.45 bits per heavy atom. The van der Waals surface area contributed by atoms with Crippen LogP contribution in [-0.4, -0.2) is 11.0 Å². The van der Waals surface area contributed by atoms with E-state index in [2.05, 4.69) is 15.7 Å². The number of nitrogens with one attached hydrogen (secondary N) is 1. The Kier molecular flexibility index (Phi) is 4.24. The van der Waals surface area contributed by atoms with Crippen LogP contribution in [0, 0.1) is 6.92 Å². The largest absolute Gasteiger partial charge is 0.487 e. The van der Waals surface area contributed by atoms with Crippen LogP contribution in [0.5, 0.6) is 5.75 Å². The van der Waals surface area contributed by atoms with Gasteiger partial charge in [0.1, 0.15) is 17.4 Å². The average Bonchev–Trinajstić information content (AvgIpc) is 3.16. The van der Waals surface area contributed by atoms with Gasteiger partial charge in [-0.25, -0.2) is 4.98 Å². The molecule has 106 valence electrons. The molecule has 2 aromatic rings. The molecule has 0 atom stereocenters. The summed E-state index contributed by atoms with van der Waals surface area (Å²) in [5.41, 5.74) is 2.01. The first-order valence-electron chi connectivity index (χ1n) is 6.76. The maximum Gasteiger partial charge on any atom is 0.131 e. The number of thiazole rings is 1. The lowest BCUT2D eigenvalue weighted by molar-refractivity contribution is 0.301. The van der Waals surface area contributed by atoms with Crippen molar-refractivity contribution in [2.75, 3.05) is 0 Å². The van der Waals surface area contributed by atoms with Crippen molar-refractivity contribution in [1.29, 1.82) is 0 Å². The van der Waals surface area contributed by atoms with E-state index < -0.39 is 0 Å². The molecule has 0 radical (unpaired) electrons. The lowest BCUT2D eigenvalue weighted by Crippen LogP contribution is -2.15. The van der Waals surface area contributed by atoms with Gasteiger partial charge in [-0.15, -0.1) is 11.3 Å².